The Morgan fingerprint density at radius 3 is 2.64 bits per heavy atom. The number of thiol groups is 1. The molecule has 74 valence electrons. The Kier molecular flexibility index (Phi) is 2.45. The fourth-order valence-corrected chi connectivity index (χ4v) is 2.56. The van der Waals surface area contributed by atoms with Gasteiger partial charge in [-0.2, -0.15) is 0 Å². The Labute approximate surface area is 87.8 Å². The molecule has 2 aromatic rings. The topological polar surface area (TPSA) is 0 Å². The van der Waals surface area contributed by atoms with E-state index in [0.717, 1.165) is 6.07 Å². The van der Waals surface area contributed by atoms with Gasteiger partial charge >= 0.3 is 0 Å². The number of fused-ring (bicyclic) bond motifs is 1. The van der Waals surface area contributed by atoms with E-state index >= 15 is 0 Å². The number of rotatable bonds is 1. The summed E-state index contributed by atoms with van der Waals surface area (Å²) in [6.07, 6.45) is -2.79. The first-order chi connectivity index (χ1) is 6.59. The van der Waals surface area contributed by atoms with Crippen LogP contribution < -0.4 is 0 Å². The van der Waals surface area contributed by atoms with Crippen molar-refractivity contribution in [3.63, 3.8) is 0 Å². The Bertz CT molecular complexity index is 476. The quantitative estimate of drug-likeness (QED) is 0.700. The first-order valence-electron chi connectivity index (χ1n) is 3.78. The fraction of sp³-hybridized carbons (Fsp3) is 0.111. The van der Waals surface area contributed by atoms with Gasteiger partial charge in [0.25, 0.3) is 6.43 Å². The highest BCUT2D eigenvalue weighted by Gasteiger charge is 2.18. The number of thiophene rings is 1. The highest BCUT2D eigenvalue weighted by Crippen LogP contribution is 2.36. The molecule has 0 unspecified atom stereocenters. The monoisotopic (exact) mass is 234 g/mol. The molecule has 2 rings (SSSR count). The summed E-state index contributed by atoms with van der Waals surface area (Å²) >= 11 is 5.30. The van der Waals surface area contributed by atoms with Crippen LogP contribution in [0.4, 0.5) is 13.2 Å². The van der Waals surface area contributed by atoms with Gasteiger partial charge in [0.2, 0.25) is 0 Å². The maximum absolute atomic E-state index is 13.1. The molecular weight excluding hydrogens is 229 g/mol. The fourth-order valence-electron chi connectivity index (χ4n) is 1.32. The second kappa shape index (κ2) is 3.47. The van der Waals surface area contributed by atoms with E-state index in [1.807, 2.05) is 0 Å². The Morgan fingerprint density at radius 1 is 1.29 bits per heavy atom. The Balaban J connectivity index is 2.82. The summed E-state index contributed by atoms with van der Waals surface area (Å²) in [5, 5.41) is 0.259. The van der Waals surface area contributed by atoms with Crippen LogP contribution in [0.15, 0.2) is 22.4 Å². The molecule has 1 aromatic carbocycles. The van der Waals surface area contributed by atoms with Crippen LogP contribution in [0.5, 0.6) is 0 Å². The lowest BCUT2D eigenvalue weighted by molar-refractivity contribution is 0.148. The molecule has 0 saturated carbocycles. The maximum Gasteiger partial charge on any atom is 0.267 e. The minimum Gasteiger partial charge on any atom is -0.206 e. The summed E-state index contributed by atoms with van der Waals surface area (Å²) < 4.78 is 39.3. The van der Waals surface area contributed by atoms with Crippen molar-refractivity contribution < 1.29 is 13.2 Å². The van der Waals surface area contributed by atoms with Crippen molar-refractivity contribution in [2.24, 2.45) is 0 Å². The van der Waals surface area contributed by atoms with Crippen LogP contribution >= 0.6 is 24.0 Å². The van der Waals surface area contributed by atoms with Crippen LogP contribution in [0, 0.1) is 5.82 Å². The first kappa shape index (κ1) is 9.86. The Morgan fingerprint density at radius 2 is 2.00 bits per heavy atom. The van der Waals surface area contributed by atoms with Crippen LogP contribution in [-0.2, 0) is 0 Å². The third-order valence-electron chi connectivity index (χ3n) is 1.89. The van der Waals surface area contributed by atoms with Crippen molar-refractivity contribution in [1.82, 2.24) is 0 Å². The van der Waals surface area contributed by atoms with Gasteiger partial charge < -0.3 is 0 Å². The van der Waals surface area contributed by atoms with E-state index in [2.05, 4.69) is 12.6 Å². The lowest BCUT2D eigenvalue weighted by Gasteiger charge is -2.02. The SMILES string of the molecule is Fc1ccc2sc(S)cc2c1C(F)F. The molecule has 0 saturated heterocycles. The summed E-state index contributed by atoms with van der Waals surface area (Å²) in [6, 6.07) is 4.02. The molecule has 0 aliphatic carbocycles. The molecule has 0 radical (unpaired) electrons. The van der Waals surface area contributed by atoms with Gasteiger partial charge in [0, 0.05) is 10.1 Å². The van der Waals surface area contributed by atoms with Gasteiger partial charge in [-0.3, -0.25) is 0 Å². The second-order valence-corrected chi connectivity index (χ2v) is 4.63. The lowest BCUT2D eigenvalue weighted by atomic mass is 10.1. The minimum absolute atomic E-state index is 0.259. The van der Waals surface area contributed by atoms with Gasteiger partial charge in [-0.25, -0.2) is 13.2 Å². The average Bonchev–Trinajstić information content (AvgIpc) is 2.43. The van der Waals surface area contributed by atoms with Gasteiger partial charge in [0.15, 0.2) is 0 Å². The van der Waals surface area contributed by atoms with Crippen LogP contribution in [-0.4, -0.2) is 0 Å². The number of hydrogen-bond acceptors (Lipinski definition) is 2. The van der Waals surface area contributed by atoms with E-state index in [4.69, 9.17) is 0 Å². The van der Waals surface area contributed by atoms with E-state index in [-0.39, 0.29) is 5.39 Å². The lowest BCUT2D eigenvalue weighted by Crippen LogP contribution is -1.90. The zero-order valence-corrected chi connectivity index (χ0v) is 8.51. The number of halogens is 3. The molecule has 0 aliphatic heterocycles. The molecule has 1 heterocycles. The Hall–Kier alpha value is -0.680. The first-order valence-corrected chi connectivity index (χ1v) is 5.05. The van der Waals surface area contributed by atoms with Crippen molar-refractivity contribution in [3.05, 3.63) is 29.6 Å². The van der Waals surface area contributed by atoms with Gasteiger partial charge in [-0.15, -0.1) is 24.0 Å². The van der Waals surface area contributed by atoms with Gasteiger partial charge in [0.05, 0.1) is 9.77 Å². The summed E-state index contributed by atoms with van der Waals surface area (Å²) in [5.41, 5.74) is -0.529. The van der Waals surface area contributed by atoms with Gasteiger partial charge in [-0.05, 0) is 18.2 Å². The third-order valence-corrected chi connectivity index (χ3v) is 3.20. The standard InChI is InChI=1S/C9H5F3S2/c10-5-1-2-6-4(3-7(13)14-6)8(5)9(11)12/h1-3,9,13H. The molecule has 0 bridgehead atoms. The normalized spacial score (nSPS) is 11.5. The van der Waals surface area contributed by atoms with Gasteiger partial charge in [-0.1, -0.05) is 0 Å². The molecule has 0 spiro atoms. The molecular formula is C9H5F3S2. The predicted molar refractivity (Wildman–Crippen MR) is 54.0 cm³/mol. The summed E-state index contributed by atoms with van der Waals surface area (Å²) in [6.45, 7) is 0. The summed E-state index contributed by atoms with van der Waals surface area (Å²) in [7, 11) is 0. The van der Waals surface area contributed by atoms with Crippen LogP contribution in [0.3, 0.4) is 0 Å². The number of benzene rings is 1. The van der Waals surface area contributed by atoms with E-state index in [1.54, 1.807) is 0 Å². The van der Waals surface area contributed by atoms with Crippen molar-refractivity contribution in [2.75, 3.05) is 0 Å². The smallest absolute Gasteiger partial charge is 0.206 e. The van der Waals surface area contributed by atoms with Gasteiger partial charge in [0.1, 0.15) is 5.82 Å². The van der Waals surface area contributed by atoms with E-state index in [1.165, 1.54) is 23.5 Å². The molecule has 1 aromatic heterocycles. The van der Waals surface area contributed by atoms with Crippen LogP contribution in [0.1, 0.15) is 12.0 Å². The highest BCUT2D eigenvalue weighted by molar-refractivity contribution is 7.83. The number of alkyl halides is 2. The van der Waals surface area contributed by atoms with Crippen LogP contribution in [0.25, 0.3) is 10.1 Å². The van der Waals surface area contributed by atoms with Crippen molar-refractivity contribution in [1.29, 1.82) is 0 Å². The molecule has 0 atom stereocenters. The summed E-state index contributed by atoms with van der Waals surface area (Å²) in [5.74, 6) is -0.862. The maximum atomic E-state index is 13.1. The average molecular weight is 234 g/mol. The van der Waals surface area contributed by atoms with Crippen LogP contribution in [0.2, 0.25) is 0 Å². The largest absolute Gasteiger partial charge is 0.267 e. The van der Waals surface area contributed by atoms with E-state index in [9.17, 15) is 13.2 Å². The predicted octanol–water partition coefficient (Wildman–Crippen LogP) is 4.27. The molecule has 0 amide bonds. The van der Waals surface area contributed by atoms with E-state index < -0.39 is 17.8 Å². The molecule has 0 nitrogen and oxygen atoms in total. The molecule has 0 aliphatic rings. The molecule has 5 heteroatoms. The second-order valence-electron chi connectivity index (χ2n) is 2.76. The highest BCUT2D eigenvalue weighted by atomic mass is 32.2. The zero-order chi connectivity index (χ0) is 10.3. The molecule has 0 N–H and O–H groups in total. The molecule has 14 heavy (non-hydrogen) atoms. The van der Waals surface area contributed by atoms with Crippen molar-refractivity contribution in [3.8, 4) is 0 Å². The third kappa shape index (κ3) is 1.50. The molecule has 0 fully saturated rings. The summed E-state index contributed by atoms with van der Waals surface area (Å²) in [4.78, 5) is 0. The van der Waals surface area contributed by atoms with Crippen molar-refractivity contribution in [2.45, 2.75) is 10.6 Å². The zero-order valence-electron chi connectivity index (χ0n) is 6.80. The minimum atomic E-state index is -2.79. The van der Waals surface area contributed by atoms with E-state index in [0.29, 0.717) is 8.91 Å². The number of hydrogen-bond donors (Lipinski definition) is 1. The van der Waals surface area contributed by atoms with Crippen molar-refractivity contribution >= 4 is 34.1 Å².